The Bertz CT molecular complexity index is 736. The Balaban J connectivity index is 2.46. The minimum Gasteiger partial charge on any atom is -0.346 e. The number of nitrogens with one attached hydrogen (secondary N) is 1. The maximum atomic E-state index is 13.0. The number of fused-ring (bicyclic) bond motifs is 1. The first-order valence-electron chi connectivity index (χ1n) is 8.46. The van der Waals surface area contributed by atoms with Crippen molar-refractivity contribution in [1.29, 1.82) is 0 Å². The van der Waals surface area contributed by atoms with Crippen molar-refractivity contribution in [2.24, 2.45) is 11.7 Å². The SMILES string of the molecule is Cc1noc2nc(C(C)C)cc(C(=O)NC(C)(CN)CC(C)C)c12. The van der Waals surface area contributed by atoms with Crippen molar-refractivity contribution in [1.82, 2.24) is 15.5 Å². The fourth-order valence-corrected chi connectivity index (χ4v) is 3.02. The van der Waals surface area contributed by atoms with Crippen LogP contribution in [0.5, 0.6) is 0 Å². The third kappa shape index (κ3) is 3.75. The van der Waals surface area contributed by atoms with E-state index in [1.807, 2.05) is 33.8 Å². The Labute approximate surface area is 143 Å². The van der Waals surface area contributed by atoms with Gasteiger partial charge >= 0.3 is 0 Å². The molecule has 2 aromatic rings. The zero-order chi connectivity index (χ0) is 18.1. The van der Waals surface area contributed by atoms with Gasteiger partial charge in [-0.25, -0.2) is 4.98 Å². The molecule has 0 radical (unpaired) electrons. The third-order valence-electron chi connectivity index (χ3n) is 4.20. The molecule has 0 aliphatic carbocycles. The quantitative estimate of drug-likeness (QED) is 0.847. The normalized spacial score (nSPS) is 14.4. The average Bonchev–Trinajstić information content (AvgIpc) is 2.87. The fraction of sp³-hybridized carbons (Fsp3) is 0.611. The van der Waals surface area contributed by atoms with Crippen LogP contribution >= 0.6 is 0 Å². The highest BCUT2D eigenvalue weighted by Crippen LogP contribution is 2.26. The zero-order valence-electron chi connectivity index (χ0n) is 15.4. The summed E-state index contributed by atoms with van der Waals surface area (Å²) in [7, 11) is 0. The van der Waals surface area contributed by atoms with E-state index in [4.69, 9.17) is 10.3 Å². The van der Waals surface area contributed by atoms with E-state index >= 15 is 0 Å². The molecule has 2 rings (SSSR count). The second-order valence-corrected chi connectivity index (χ2v) is 7.51. The number of aryl methyl sites for hydroxylation is 1. The van der Waals surface area contributed by atoms with Gasteiger partial charge in [-0.3, -0.25) is 4.79 Å². The molecular formula is C18H28N4O2. The Morgan fingerprint density at radius 3 is 2.58 bits per heavy atom. The summed E-state index contributed by atoms with van der Waals surface area (Å²) in [6.45, 7) is 12.5. The van der Waals surface area contributed by atoms with Crippen molar-refractivity contribution in [3.8, 4) is 0 Å². The molecule has 1 unspecified atom stereocenters. The van der Waals surface area contributed by atoms with Crippen molar-refractivity contribution < 1.29 is 9.32 Å². The number of amides is 1. The van der Waals surface area contributed by atoms with Gasteiger partial charge in [-0.1, -0.05) is 32.9 Å². The number of rotatable bonds is 6. The van der Waals surface area contributed by atoms with Crippen LogP contribution in [0.3, 0.4) is 0 Å². The molecule has 0 aromatic carbocycles. The zero-order valence-corrected chi connectivity index (χ0v) is 15.4. The molecule has 2 heterocycles. The largest absolute Gasteiger partial charge is 0.346 e. The van der Waals surface area contributed by atoms with Crippen LogP contribution in [0.25, 0.3) is 11.1 Å². The van der Waals surface area contributed by atoms with Crippen molar-refractivity contribution >= 4 is 17.0 Å². The summed E-state index contributed by atoms with van der Waals surface area (Å²) in [5, 5.41) is 7.73. The Morgan fingerprint density at radius 1 is 1.38 bits per heavy atom. The summed E-state index contributed by atoms with van der Waals surface area (Å²) in [6.07, 6.45) is 0.809. The lowest BCUT2D eigenvalue weighted by Crippen LogP contribution is -2.52. The van der Waals surface area contributed by atoms with Crippen LogP contribution in [-0.4, -0.2) is 28.1 Å². The van der Waals surface area contributed by atoms with Crippen molar-refractivity contribution in [2.45, 2.75) is 59.4 Å². The monoisotopic (exact) mass is 332 g/mol. The van der Waals surface area contributed by atoms with Crippen LogP contribution in [0.2, 0.25) is 0 Å². The van der Waals surface area contributed by atoms with Crippen LogP contribution in [0, 0.1) is 12.8 Å². The van der Waals surface area contributed by atoms with Gasteiger partial charge in [-0.15, -0.1) is 0 Å². The van der Waals surface area contributed by atoms with Crippen LogP contribution in [0.4, 0.5) is 0 Å². The lowest BCUT2D eigenvalue weighted by Gasteiger charge is -2.31. The van der Waals surface area contributed by atoms with Crippen LogP contribution in [-0.2, 0) is 0 Å². The topological polar surface area (TPSA) is 94.0 Å². The van der Waals surface area contributed by atoms with Gasteiger partial charge in [0.1, 0.15) is 0 Å². The van der Waals surface area contributed by atoms with Crippen molar-refractivity contribution in [3.63, 3.8) is 0 Å². The number of pyridine rings is 1. The lowest BCUT2D eigenvalue weighted by molar-refractivity contribution is 0.0899. The van der Waals surface area contributed by atoms with Gasteiger partial charge in [0.2, 0.25) is 0 Å². The highest BCUT2D eigenvalue weighted by molar-refractivity contribution is 6.06. The first-order valence-corrected chi connectivity index (χ1v) is 8.46. The molecule has 24 heavy (non-hydrogen) atoms. The fourth-order valence-electron chi connectivity index (χ4n) is 3.02. The number of nitrogens with two attached hydrogens (primary N) is 1. The van der Waals surface area contributed by atoms with E-state index in [0.29, 0.717) is 34.8 Å². The molecular weight excluding hydrogens is 304 g/mol. The molecule has 1 amide bonds. The standard InChI is InChI=1S/C18H28N4O2/c1-10(2)8-18(6,9-19)21-16(23)13-7-14(11(3)4)20-17-15(13)12(5)22-24-17/h7,10-11H,8-9,19H2,1-6H3,(H,21,23). The second-order valence-electron chi connectivity index (χ2n) is 7.51. The van der Waals surface area contributed by atoms with Gasteiger partial charge in [0.05, 0.1) is 16.6 Å². The molecule has 0 fully saturated rings. The minimum atomic E-state index is -0.454. The molecule has 0 bridgehead atoms. The van der Waals surface area contributed by atoms with E-state index in [2.05, 4.69) is 29.3 Å². The van der Waals surface area contributed by atoms with E-state index < -0.39 is 5.54 Å². The third-order valence-corrected chi connectivity index (χ3v) is 4.20. The first kappa shape index (κ1) is 18.4. The molecule has 0 aliphatic rings. The Morgan fingerprint density at radius 2 is 2.04 bits per heavy atom. The average molecular weight is 332 g/mol. The first-order chi connectivity index (χ1) is 11.2. The van der Waals surface area contributed by atoms with Gasteiger partial charge in [-0.05, 0) is 38.2 Å². The van der Waals surface area contributed by atoms with Gasteiger partial charge in [0.15, 0.2) is 0 Å². The molecule has 0 saturated heterocycles. The minimum absolute atomic E-state index is 0.163. The van der Waals surface area contributed by atoms with Gasteiger partial charge in [0, 0.05) is 17.8 Å². The van der Waals surface area contributed by atoms with Gasteiger partial charge in [0.25, 0.3) is 11.6 Å². The molecule has 1 atom stereocenters. The Hall–Kier alpha value is -1.95. The molecule has 0 spiro atoms. The molecule has 6 nitrogen and oxygen atoms in total. The number of carbonyl (C=O) groups is 1. The number of carbonyl (C=O) groups excluding carboxylic acids is 1. The van der Waals surface area contributed by atoms with E-state index in [0.717, 1.165) is 12.1 Å². The van der Waals surface area contributed by atoms with Crippen molar-refractivity contribution in [2.75, 3.05) is 6.54 Å². The van der Waals surface area contributed by atoms with Gasteiger partial charge < -0.3 is 15.6 Å². The van der Waals surface area contributed by atoms with E-state index in [1.165, 1.54) is 0 Å². The number of hydrogen-bond donors (Lipinski definition) is 2. The smallest absolute Gasteiger partial charge is 0.259 e. The lowest BCUT2D eigenvalue weighted by atomic mass is 9.90. The van der Waals surface area contributed by atoms with E-state index in [-0.39, 0.29) is 11.8 Å². The van der Waals surface area contributed by atoms with Gasteiger partial charge in [-0.2, -0.15) is 0 Å². The molecule has 6 heteroatoms. The van der Waals surface area contributed by atoms with E-state index in [1.54, 1.807) is 0 Å². The summed E-state index contributed by atoms with van der Waals surface area (Å²) in [5.74, 6) is 0.451. The molecule has 132 valence electrons. The second kappa shape index (κ2) is 6.89. The Kier molecular flexibility index (Phi) is 5.28. The molecule has 2 aromatic heterocycles. The van der Waals surface area contributed by atoms with Crippen LogP contribution in [0.15, 0.2) is 10.6 Å². The number of hydrogen-bond acceptors (Lipinski definition) is 5. The molecule has 3 N–H and O–H groups in total. The van der Waals surface area contributed by atoms with Crippen molar-refractivity contribution in [3.05, 3.63) is 23.0 Å². The summed E-state index contributed by atoms with van der Waals surface area (Å²) < 4.78 is 5.29. The highest BCUT2D eigenvalue weighted by atomic mass is 16.5. The predicted octanol–water partition coefficient (Wildman–Crippen LogP) is 3.15. The summed E-state index contributed by atoms with van der Waals surface area (Å²) >= 11 is 0. The number of aromatic nitrogens is 2. The predicted molar refractivity (Wildman–Crippen MR) is 95.0 cm³/mol. The summed E-state index contributed by atoms with van der Waals surface area (Å²) in [6, 6.07) is 1.83. The molecule has 0 aliphatic heterocycles. The molecule has 0 saturated carbocycles. The van der Waals surface area contributed by atoms with Crippen LogP contribution in [0.1, 0.15) is 68.7 Å². The summed E-state index contributed by atoms with van der Waals surface area (Å²) in [4.78, 5) is 17.4. The maximum absolute atomic E-state index is 13.0. The van der Waals surface area contributed by atoms with E-state index in [9.17, 15) is 4.79 Å². The maximum Gasteiger partial charge on any atom is 0.259 e. The summed E-state index contributed by atoms with van der Waals surface area (Å²) in [5.41, 5.74) is 7.89. The highest BCUT2D eigenvalue weighted by Gasteiger charge is 2.28. The number of nitrogens with zero attached hydrogens (tertiary/aromatic N) is 2. The van der Waals surface area contributed by atoms with Crippen LogP contribution < -0.4 is 11.1 Å².